The second kappa shape index (κ2) is 3.77. The van der Waals surface area contributed by atoms with Crippen molar-refractivity contribution in [2.75, 3.05) is 12.3 Å². The molecule has 0 aromatic carbocycles. The van der Waals surface area contributed by atoms with Gasteiger partial charge in [-0.15, -0.1) is 23.1 Å². The highest BCUT2D eigenvalue weighted by Crippen LogP contribution is 2.32. The molecule has 1 aromatic heterocycles. The van der Waals surface area contributed by atoms with Crippen molar-refractivity contribution in [3.05, 3.63) is 16.6 Å². The van der Waals surface area contributed by atoms with Crippen molar-refractivity contribution in [2.45, 2.75) is 12.3 Å². The molecule has 2 unspecified atom stereocenters. The molecule has 2 atom stereocenters. The van der Waals surface area contributed by atoms with E-state index in [-0.39, 0.29) is 0 Å². The maximum atomic E-state index is 4.08. The van der Waals surface area contributed by atoms with Gasteiger partial charge in [0.05, 0.1) is 15.8 Å². The summed E-state index contributed by atoms with van der Waals surface area (Å²) in [5.74, 6) is 2.06. The summed E-state index contributed by atoms with van der Waals surface area (Å²) >= 11 is 3.72. The first-order valence-electron chi connectivity index (χ1n) is 4.09. The lowest BCUT2D eigenvalue weighted by Crippen LogP contribution is -2.30. The van der Waals surface area contributed by atoms with Crippen LogP contribution < -0.4 is 5.32 Å². The number of thiazole rings is 1. The zero-order valence-electron chi connectivity index (χ0n) is 6.99. The van der Waals surface area contributed by atoms with Crippen molar-refractivity contribution >= 4 is 23.1 Å². The molecule has 0 aliphatic carbocycles. The average molecular weight is 200 g/mol. The predicted octanol–water partition coefficient (Wildman–Crippen LogP) is 2.11. The zero-order chi connectivity index (χ0) is 8.39. The largest absolute Gasteiger partial charge is 0.301 e. The Morgan fingerprint density at radius 2 is 2.58 bits per heavy atom. The van der Waals surface area contributed by atoms with Crippen LogP contribution in [0.1, 0.15) is 17.2 Å². The normalized spacial score (nSPS) is 30.4. The van der Waals surface area contributed by atoms with E-state index in [1.54, 1.807) is 11.3 Å². The van der Waals surface area contributed by atoms with Crippen molar-refractivity contribution in [1.29, 1.82) is 0 Å². The van der Waals surface area contributed by atoms with Crippen molar-refractivity contribution in [2.24, 2.45) is 5.92 Å². The monoisotopic (exact) mass is 200 g/mol. The molecule has 1 saturated heterocycles. The van der Waals surface area contributed by atoms with Crippen LogP contribution in [0.4, 0.5) is 0 Å². The summed E-state index contributed by atoms with van der Waals surface area (Å²) in [6, 6.07) is 0. The minimum absolute atomic E-state index is 0.494. The highest BCUT2D eigenvalue weighted by molar-refractivity contribution is 7.99. The van der Waals surface area contributed by atoms with E-state index >= 15 is 0 Å². The molecule has 0 spiro atoms. The molecule has 2 rings (SSSR count). The lowest BCUT2D eigenvalue weighted by atomic mass is 10.2. The molecule has 1 aliphatic rings. The van der Waals surface area contributed by atoms with Crippen LogP contribution in [0, 0.1) is 5.92 Å². The van der Waals surface area contributed by atoms with Crippen molar-refractivity contribution in [1.82, 2.24) is 10.3 Å². The third kappa shape index (κ3) is 1.81. The van der Waals surface area contributed by atoms with E-state index in [9.17, 15) is 0 Å². The Labute approximate surface area is 80.8 Å². The van der Waals surface area contributed by atoms with Crippen molar-refractivity contribution in [3.63, 3.8) is 0 Å². The van der Waals surface area contributed by atoms with Gasteiger partial charge < -0.3 is 5.32 Å². The summed E-state index contributed by atoms with van der Waals surface area (Å²) in [5, 5.41) is 4.00. The van der Waals surface area contributed by atoms with Gasteiger partial charge in [0.1, 0.15) is 0 Å². The molecule has 4 heteroatoms. The third-order valence-electron chi connectivity index (χ3n) is 1.91. The molecule has 1 aromatic rings. The first-order valence-corrected chi connectivity index (χ1v) is 6.02. The Balaban J connectivity index is 1.99. The molecule has 0 amide bonds. The number of nitrogens with zero attached hydrogens (tertiary/aromatic N) is 1. The summed E-state index contributed by atoms with van der Waals surface area (Å²) in [5.41, 5.74) is 1.90. The van der Waals surface area contributed by atoms with E-state index in [0.717, 1.165) is 12.5 Å². The van der Waals surface area contributed by atoms with Crippen LogP contribution in [-0.2, 0) is 0 Å². The Bertz CT molecular complexity index is 227. The van der Waals surface area contributed by atoms with E-state index < -0.39 is 0 Å². The summed E-state index contributed by atoms with van der Waals surface area (Å²) in [6.07, 6.45) is 1.96. The van der Waals surface area contributed by atoms with E-state index in [1.807, 2.05) is 23.5 Å². The smallest absolute Gasteiger partial charge is 0.0899 e. The van der Waals surface area contributed by atoms with Gasteiger partial charge in [0.25, 0.3) is 0 Å². The molecule has 66 valence electrons. The van der Waals surface area contributed by atoms with E-state index in [1.165, 1.54) is 10.6 Å². The van der Waals surface area contributed by atoms with Crippen LogP contribution in [0.5, 0.6) is 0 Å². The maximum absolute atomic E-state index is 4.08. The Morgan fingerprint density at radius 1 is 1.67 bits per heavy atom. The van der Waals surface area contributed by atoms with Crippen LogP contribution >= 0.6 is 23.1 Å². The van der Waals surface area contributed by atoms with Crippen LogP contribution in [0.2, 0.25) is 0 Å². The Kier molecular flexibility index (Phi) is 2.68. The molecule has 12 heavy (non-hydrogen) atoms. The number of nitrogens with one attached hydrogen (secondary N) is 1. The SMILES string of the molecule is CC1CNC(c2cncs2)SC1. The summed E-state index contributed by atoms with van der Waals surface area (Å²) in [6.45, 7) is 3.42. The van der Waals surface area contributed by atoms with Gasteiger partial charge in [-0.25, -0.2) is 0 Å². The molecule has 1 N–H and O–H groups in total. The van der Waals surface area contributed by atoms with Crippen molar-refractivity contribution in [3.8, 4) is 0 Å². The lowest BCUT2D eigenvalue weighted by molar-refractivity contribution is 0.532. The van der Waals surface area contributed by atoms with Gasteiger partial charge >= 0.3 is 0 Å². The van der Waals surface area contributed by atoms with Crippen LogP contribution in [0.3, 0.4) is 0 Å². The van der Waals surface area contributed by atoms with E-state index in [0.29, 0.717) is 5.37 Å². The number of thioether (sulfide) groups is 1. The molecule has 0 radical (unpaired) electrons. The highest BCUT2D eigenvalue weighted by Gasteiger charge is 2.19. The summed E-state index contributed by atoms with van der Waals surface area (Å²) < 4.78 is 0. The quantitative estimate of drug-likeness (QED) is 0.751. The molecule has 0 bridgehead atoms. The average Bonchev–Trinajstić information content (AvgIpc) is 2.58. The molecular weight excluding hydrogens is 188 g/mol. The zero-order valence-corrected chi connectivity index (χ0v) is 8.62. The predicted molar refractivity (Wildman–Crippen MR) is 54.5 cm³/mol. The van der Waals surface area contributed by atoms with Gasteiger partial charge in [0, 0.05) is 6.20 Å². The molecule has 1 fully saturated rings. The summed E-state index contributed by atoms with van der Waals surface area (Å²) in [4.78, 5) is 5.44. The molecule has 2 nitrogen and oxygen atoms in total. The fourth-order valence-electron chi connectivity index (χ4n) is 1.22. The number of hydrogen-bond acceptors (Lipinski definition) is 4. The highest BCUT2D eigenvalue weighted by atomic mass is 32.2. The number of hydrogen-bond donors (Lipinski definition) is 1. The molecule has 0 saturated carbocycles. The minimum Gasteiger partial charge on any atom is -0.301 e. The van der Waals surface area contributed by atoms with Gasteiger partial charge in [0.2, 0.25) is 0 Å². The summed E-state index contributed by atoms with van der Waals surface area (Å²) in [7, 11) is 0. The Morgan fingerprint density at radius 3 is 3.17 bits per heavy atom. The topological polar surface area (TPSA) is 24.9 Å². The minimum atomic E-state index is 0.494. The fourth-order valence-corrected chi connectivity index (χ4v) is 3.25. The van der Waals surface area contributed by atoms with Crippen LogP contribution in [0.15, 0.2) is 11.7 Å². The van der Waals surface area contributed by atoms with Gasteiger partial charge in [-0.05, 0) is 18.2 Å². The third-order valence-corrected chi connectivity index (χ3v) is 4.41. The number of rotatable bonds is 1. The maximum Gasteiger partial charge on any atom is 0.0899 e. The van der Waals surface area contributed by atoms with Crippen LogP contribution in [0.25, 0.3) is 0 Å². The van der Waals surface area contributed by atoms with Gasteiger partial charge in [0.15, 0.2) is 0 Å². The second-order valence-electron chi connectivity index (χ2n) is 3.13. The van der Waals surface area contributed by atoms with Gasteiger partial charge in [-0.1, -0.05) is 6.92 Å². The van der Waals surface area contributed by atoms with E-state index in [4.69, 9.17) is 0 Å². The molecular formula is C8H12N2S2. The number of aromatic nitrogens is 1. The Hall–Kier alpha value is -0.0600. The van der Waals surface area contributed by atoms with Crippen LogP contribution in [-0.4, -0.2) is 17.3 Å². The van der Waals surface area contributed by atoms with Crippen molar-refractivity contribution < 1.29 is 0 Å². The fraction of sp³-hybridized carbons (Fsp3) is 0.625. The van der Waals surface area contributed by atoms with Gasteiger partial charge in [-0.3, -0.25) is 4.98 Å². The standard InChI is InChI=1S/C8H12N2S2/c1-6-2-10-8(11-4-6)7-3-9-5-12-7/h3,5-6,8,10H,2,4H2,1H3. The van der Waals surface area contributed by atoms with E-state index in [2.05, 4.69) is 17.2 Å². The molecule has 1 aliphatic heterocycles. The second-order valence-corrected chi connectivity index (χ2v) is 5.19. The van der Waals surface area contributed by atoms with Gasteiger partial charge in [-0.2, -0.15) is 0 Å². The lowest BCUT2D eigenvalue weighted by Gasteiger charge is -2.26. The first kappa shape index (κ1) is 8.53. The molecule has 2 heterocycles. The first-order chi connectivity index (χ1) is 5.86.